The van der Waals surface area contributed by atoms with Gasteiger partial charge in [-0.2, -0.15) is 13.2 Å². The predicted octanol–water partition coefficient (Wildman–Crippen LogP) is 4.44. The Morgan fingerprint density at radius 2 is 1.90 bits per heavy atom. The Hall–Kier alpha value is -3.46. The van der Waals surface area contributed by atoms with Crippen molar-refractivity contribution >= 4 is 11.6 Å². The van der Waals surface area contributed by atoms with Crippen LogP contribution in [0, 0.1) is 0 Å². The molecule has 0 fully saturated rings. The Morgan fingerprint density at radius 1 is 1.07 bits per heavy atom. The Balaban J connectivity index is 1.89. The lowest BCUT2D eigenvalue weighted by Gasteiger charge is -2.12. The Labute approximate surface area is 170 Å². The first kappa shape index (κ1) is 21.3. The number of hydrogen-bond acceptors (Lipinski definition) is 5. The summed E-state index contributed by atoms with van der Waals surface area (Å²) in [6.45, 7) is 0.628. The molecule has 2 heterocycles. The van der Waals surface area contributed by atoms with Crippen LogP contribution in [0.5, 0.6) is 5.75 Å². The van der Waals surface area contributed by atoms with Crippen molar-refractivity contribution in [3.8, 4) is 16.9 Å². The fraction of sp³-hybridized carbons (Fsp3) is 0.190. The summed E-state index contributed by atoms with van der Waals surface area (Å²) >= 11 is 0. The van der Waals surface area contributed by atoms with Crippen molar-refractivity contribution in [1.29, 1.82) is 0 Å². The lowest BCUT2D eigenvalue weighted by molar-refractivity contribution is -0.141. The second-order valence-corrected chi connectivity index (χ2v) is 6.21. The molecule has 3 aromatic rings. The van der Waals surface area contributed by atoms with Crippen LogP contribution >= 0.6 is 0 Å². The molecule has 0 saturated heterocycles. The molecular weight excluding hydrogens is 399 g/mol. The van der Waals surface area contributed by atoms with Crippen LogP contribution in [0.15, 0.2) is 61.1 Å². The van der Waals surface area contributed by atoms with Gasteiger partial charge in [-0.15, -0.1) is 0 Å². The summed E-state index contributed by atoms with van der Waals surface area (Å²) in [5, 5.41) is 2.47. The number of alkyl halides is 3. The van der Waals surface area contributed by atoms with Crippen LogP contribution in [-0.4, -0.2) is 36.2 Å². The van der Waals surface area contributed by atoms with Crippen molar-refractivity contribution in [3.05, 3.63) is 72.3 Å². The van der Waals surface area contributed by atoms with E-state index in [0.29, 0.717) is 17.9 Å². The zero-order valence-corrected chi connectivity index (χ0v) is 15.9. The van der Waals surface area contributed by atoms with Crippen molar-refractivity contribution in [2.45, 2.75) is 6.18 Å². The second-order valence-electron chi connectivity index (χ2n) is 6.21. The molecule has 6 nitrogen and oxygen atoms in total. The molecular formula is C21H18F3N3O3. The average Bonchev–Trinajstić information content (AvgIpc) is 2.74. The van der Waals surface area contributed by atoms with Gasteiger partial charge in [-0.25, -0.2) is 0 Å². The zero-order valence-electron chi connectivity index (χ0n) is 15.9. The Morgan fingerprint density at radius 3 is 2.60 bits per heavy atom. The monoisotopic (exact) mass is 417 g/mol. The van der Waals surface area contributed by atoms with E-state index in [2.05, 4.69) is 15.3 Å². The van der Waals surface area contributed by atoms with Gasteiger partial charge in [-0.05, 0) is 42.0 Å². The normalized spacial score (nSPS) is 11.2. The van der Waals surface area contributed by atoms with Crippen molar-refractivity contribution in [3.63, 3.8) is 0 Å². The third kappa shape index (κ3) is 5.54. The maximum absolute atomic E-state index is 12.9. The lowest BCUT2D eigenvalue weighted by atomic mass is 10.0. The van der Waals surface area contributed by atoms with E-state index in [1.54, 1.807) is 30.6 Å². The summed E-state index contributed by atoms with van der Waals surface area (Å²) in [5.74, 6) is -0.166. The molecule has 1 N–H and O–H groups in total. The first-order valence-electron chi connectivity index (χ1n) is 8.88. The molecule has 2 aromatic heterocycles. The van der Waals surface area contributed by atoms with Crippen LogP contribution in [0.25, 0.3) is 11.1 Å². The summed E-state index contributed by atoms with van der Waals surface area (Å²) in [4.78, 5) is 20.1. The van der Waals surface area contributed by atoms with Crippen molar-refractivity contribution in [1.82, 2.24) is 9.97 Å². The molecule has 0 atom stereocenters. The molecule has 3 rings (SSSR count). The predicted molar refractivity (Wildman–Crippen MR) is 104 cm³/mol. The van der Waals surface area contributed by atoms with Crippen LogP contribution in [0.2, 0.25) is 0 Å². The maximum atomic E-state index is 12.9. The van der Waals surface area contributed by atoms with Crippen molar-refractivity contribution in [2.24, 2.45) is 0 Å². The average molecular weight is 417 g/mol. The number of benzene rings is 1. The number of methoxy groups -OCH3 is 1. The number of rotatable bonds is 7. The quantitative estimate of drug-likeness (QED) is 0.576. The molecule has 0 aliphatic carbocycles. The van der Waals surface area contributed by atoms with Gasteiger partial charge in [0.15, 0.2) is 0 Å². The largest absolute Gasteiger partial charge is 0.491 e. The Kier molecular flexibility index (Phi) is 6.63. The highest BCUT2D eigenvalue weighted by Crippen LogP contribution is 2.30. The van der Waals surface area contributed by atoms with Crippen molar-refractivity contribution in [2.75, 3.05) is 25.6 Å². The van der Waals surface area contributed by atoms with E-state index in [4.69, 9.17) is 9.47 Å². The lowest BCUT2D eigenvalue weighted by Crippen LogP contribution is -2.14. The number of halogens is 3. The number of carbonyl (C=O) groups excluding carboxylic acids is 1. The number of hydrogen-bond donors (Lipinski definition) is 1. The van der Waals surface area contributed by atoms with Crippen LogP contribution < -0.4 is 10.1 Å². The first-order valence-corrected chi connectivity index (χ1v) is 8.88. The fourth-order valence-corrected chi connectivity index (χ4v) is 2.62. The molecule has 9 heteroatoms. The minimum absolute atomic E-state index is 0.0176. The van der Waals surface area contributed by atoms with Crippen LogP contribution in [-0.2, 0) is 10.9 Å². The third-order valence-corrected chi connectivity index (χ3v) is 4.03. The van der Waals surface area contributed by atoms with Crippen LogP contribution in [0.3, 0.4) is 0 Å². The number of amides is 1. The Bertz CT molecular complexity index is 1010. The van der Waals surface area contributed by atoms with Crippen molar-refractivity contribution < 1.29 is 27.4 Å². The first-order chi connectivity index (χ1) is 14.4. The smallest absolute Gasteiger partial charge is 0.433 e. The number of pyridine rings is 2. The molecule has 0 aliphatic rings. The molecule has 0 saturated carbocycles. The molecule has 156 valence electrons. The van der Waals surface area contributed by atoms with Crippen LogP contribution in [0.4, 0.5) is 18.9 Å². The van der Waals surface area contributed by atoms with Gasteiger partial charge in [0.05, 0.1) is 6.61 Å². The number of nitrogens with one attached hydrogen (secondary N) is 1. The molecule has 1 amide bonds. The summed E-state index contributed by atoms with van der Waals surface area (Å²) in [7, 11) is 1.54. The highest BCUT2D eigenvalue weighted by molar-refractivity contribution is 6.05. The van der Waals surface area contributed by atoms with E-state index in [1.165, 1.54) is 19.2 Å². The number of carbonyl (C=O) groups is 1. The van der Waals surface area contributed by atoms with Gasteiger partial charge in [0.25, 0.3) is 5.91 Å². The summed E-state index contributed by atoms with van der Waals surface area (Å²) < 4.78 is 49.2. The van der Waals surface area contributed by atoms with E-state index in [0.717, 1.165) is 17.8 Å². The third-order valence-electron chi connectivity index (χ3n) is 4.03. The van der Waals surface area contributed by atoms with Gasteiger partial charge in [-0.3, -0.25) is 14.8 Å². The van der Waals surface area contributed by atoms with E-state index in [9.17, 15) is 18.0 Å². The number of anilines is 1. The van der Waals surface area contributed by atoms with E-state index < -0.39 is 17.8 Å². The molecule has 1 aromatic carbocycles. The minimum Gasteiger partial charge on any atom is -0.491 e. The van der Waals surface area contributed by atoms with E-state index >= 15 is 0 Å². The summed E-state index contributed by atoms with van der Waals surface area (Å²) in [6, 6.07) is 10.5. The zero-order chi connectivity index (χ0) is 21.6. The van der Waals surface area contributed by atoms with Gasteiger partial charge >= 0.3 is 6.18 Å². The van der Waals surface area contributed by atoms with E-state index in [1.807, 2.05) is 6.07 Å². The topological polar surface area (TPSA) is 73.3 Å². The molecule has 0 aliphatic heterocycles. The van der Waals surface area contributed by atoms with Gasteiger partial charge in [0, 0.05) is 42.5 Å². The maximum Gasteiger partial charge on any atom is 0.433 e. The molecule has 30 heavy (non-hydrogen) atoms. The highest BCUT2D eigenvalue weighted by Gasteiger charge is 2.32. The van der Waals surface area contributed by atoms with Crippen LogP contribution in [0.1, 0.15) is 16.1 Å². The molecule has 0 unspecified atom stereocenters. The second kappa shape index (κ2) is 9.36. The molecule has 0 spiro atoms. The van der Waals surface area contributed by atoms with Gasteiger partial charge in [-0.1, -0.05) is 6.07 Å². The van der Waals surface area contributed by atoms with E-state index in [-0.39, 0.29) is 17.9 Å². The fourth-order valence-electron chi connectivity index (χ4n) is 2.62. The minimum atomic E-state index is -4.61. The van der Waals surface area contributed by atoms with Gasteiger partial charge in [0.2, 0.25) is 0 Å². The van der Waals surface area contributed by atoms with Gasteiger partial charge in [0.1, 0.15) is 18.1 Å². The standard InChI is InChI=1S/C21H18F3N3O3/c1-29-7-8-30-18-10-15(14-3-2-5-25-13-14)9-16(11-18)20(28)27-17-4-6-26-19(12-17)21(22,23)24/h2-6,9-13H,7-8H2,1H3,(H,26,27,28). The summed E-state index contributed by atoms with van der Waals surface area (Å²) in [6.07, 6.45) is -0.362. The SMILES string of the molecule is COCCOc1cc(C(=O)Nc2ccnc(C(F)(F)F)c2)cc(-c2cccnc2)c1. The number of nitrogens with zero attached hydrogens (tertiary/aromatic N) is 2. The van der Waals surface area contributed by atoms with Gasteiger partial charge < -0.3 is 14.8 Å². The number of ether oxygens (including phenoxy) is 2. The molecule has 0 bridgehead atoms. The summed E-state index contributed by atoms with van der Waals surface area (Å²) in [5.41, 5.74) is 0.541. The highest BCUT2D eigenvalue weighted by atomic mass is 19.4. The molecule has 0 radical (unpaired) electrons. The number of aromatic nitrogens is 2.